The van der Waals surface area contributed by atoms with E-state index in [1.165, 1.54) is 18.6 Å². The van der Waals surface area contributed by atoms with E-state index in [1.807, 2.05) is 6.92 Å². The lowest BCUT2D eigenvalue weighted by Gasteiger charge is -2.36. The highest BCUT2D eigenvalue weighted by molar-refractivity contribution is 5.79. The van der Waals surface area contributed by atoms with Crippen molar-refractivity contribution in [2.24, 2.45) is 17.8 Å². The third-order valence-corrected chi connectivity index (χ3v) is 5.64. The molecule has 0 radical (unpaired) electrons. The summed E-state index contributed by atoms with van der Waals surface area (Å²) in [6, 6.07) is 4.49. The number of ether oxygens (including phenoxy) is 1. The van der Waals surface area contributed by atoms with Crippen molar-refractivity contribution in [1.82, 2.24) is 9.55 Å². The molecule has 1 saturated carbocycles. The summed E-state index contributed by atoms with van der Waals surface area (Å²) in [7, 11) is 0. The number of hydrogen-bond acceptors (Lipinski definition) is 3. The molecular weight excluding hydrogens is 331 g/mol. The summed E-state index contributed by atoms with van der Waals surface area (Å²) in [6.07, 6.45) is 3.88. The summed E-state index contributed by atoms with van der Waals surface area (Å²) < 4.78 is 21.4. The van der Waals surface area contributed by atoms with Crippen molar-refractivity contribution in [2.45, 2.75) is 66.0 Å². The molecule has 1 unspecified atom stereocenters. The van der Waals surface area contributed by atoms with E-state index in [-0.39, 0.29) is 24.4 Å². The smallest absolute Gasteiger partial charge is 0.326 e. The van der Waals surface area contributed by atoms with Gasteiger partial charge in [-0.15, -0.1) is 0 Å². The molecule has 0 aliphatic heterocycles. The molecule has 2 aromatic rings. The highest BCUT2D eigenvalue weighted by atomic mass is 19.1. The van der Waals surface area contributed by atoms with Gasteiger partial charge in [0.05, 0.1) is 11.0 Å². The minimum absolute atomic E-state index is 0.0251. The number of aromatic nitrogens is 2. The number of benzene rings is 1. The van der Waals surface area contributed by atoms with Crippen molar-refractivity contribution in [1.29, 1.82) is 0 Å². The fourth-order valence-electron chi connectivity index (χ4n) is 4.18. The van der Waals surface area contributed by atoms with Crippen LogP contribution in [0, 0.1) is 23.6 Å². The van der Waals surface area contributed by atoms with Gasteiger partial charge >= 0.3 is 5.97 Å². The average Bonchev–Trinajstić information content (AvgIpc) is 2.91. The zero-order valence-electron chi connectivity index (χ0n) is 16.2. The van der Waals surface area contributed by atoms with Gasteiger partial charge in [0.1, 0.15) is 24.3 Å². The first-order valence-electron chi connectivity index (χ1n) is 9.73. The van der Waals surface area contributed by atoms with Crippen LogP contribution in [0.1, 0.15) is 52.8 Å². The molecule has 1 fully saturated rings. The van der Waals surface area contributed by atoms with Crippen LogP contribution in [-0.4, -0.2) is 21.6 Å². The Bertz CT molecular complexity index is 784. The normalized spacial score (nSPS) is 23.5. The molecule has 3 rings (SSSR count). The van der Waals surface area contributed by atoms with Crippen LogP contribution in [0.5, 0.6) is 0 Å². The Labute approximate surface area is 154 Å². The van der Waals surface area contributed by atoms with Crippen LogP contribution in [-0.2, 0) is 22.5 Å². The fourth-order valence-corrected chi connectivity index (χ4v) is 4.18. The van der Waals surface area contributed by atoms with Crippen LogP contribution < -0.4 is 0 Å². The summed E-state index contributed by atoms with van der Waals surface area (Å²) in [6.45, 7) is 8.68. The van der Waals surface area contributed by atoms with Gasteiger partial charge < -0.3 is 9.30 Å². The number of hydrogen-bond donors (Lipinski definition) is 0. The predicted octanol–water partition coefficient (Wildman–Crippen LogP) is 4.74. The maximum Gasteiger partial charge on any atom is 0.326 e. The average molecular weight is 360 g/mol. The summed E-state index contributed by atoms with van der Waals surface area (Å²) in [5.74, 6) is 1.69. The molecule has 3 atom stereocenters. The number of carbonyl (C=O) groups is 1. The second kappa shape index (κ2) is 7.77. The van der Waals surface area contributed by atoms with Crippen molar-refractivity contribution in [3.63, 3.8) is 0 Å². The quantitative estimate of drug-likeness (QED) is 0.723. The van der Waals surface area contributed by atoms with Gasteiger partial charge in [0.15, 0.2) is 0 Å². The van der Waals surface area contributed by atoms with E-state index in [1.54, 1.807) is 10.6 Å². The van der Waals surface area contributed by atoms with Gasteiger partial charge in [-0.05, 0) is 48.8 Å². The van der Waals surface area contributed by atoms with Crippen LogP contribution in [0.4, 0.5) is 4.39 Å². The van der Waals surface area contributed by atoms with E-state index in [0.29, 0.717) is 35.2 Å². The van der Waals surface area contributed by atoms with Gasteiger partial charge in [0.2, 0.25) is 0 Å². The number of aryl methyl sites for hydroxylation is 1. The molecule has 0 amide bonds. The Morgan fingerprint density at radius 3 is 2.85 bits per heavy atom. The summed E-state index contributed by atoms with van der Waals surface area (Å²) >= 11 is 0. The van der Waals surface area contributed by atoms with E-state index in [0.717, 1.165) is 18.7 Å². The third kappa shape index (κ3) is 3.92. The minimum atomic E-state index is -0.323. The van der Waals surface area contributed by atoms with Crippen LogP contribution >= 0.6 is 0 Å². The molecule has 1 heterocycles. The van der Waals surface area contributed by atoms with Crippen LogP contribution in [0.25, 0.3) is 11.0 Å². The van der Waals surface area contributed by atoms with Crippen molar-refractivity contribution in [2.75, 3.05) is 0 Å². The summed E-state index contributed by atoms with van der Waals surface area (Å²) in [5, 5.41) is 0. The van der Waals surface area contributed by atoms with Gasteiger partial charge in [-0.3, -0.25) is 4.79 Å². The van der Waals surface area contributed by atoms with Gasteiger partial charge in [0.25, 0.3) is 0 Å². The minimum Gasteiger partial charge on any atom is -0.461 e. The number of nitrogens with zero attached hydrogens (tertiary/aromatic N) is 2. The first kappa shape index (κ1) is 18.9. The molecule has 26 heavy (non-hydrogen) atoms. The molecule has 1 aliphatic carbocycles. The number of fused-ring (bicyclic) bond motifs is 1. The van der Waals surface area contributed by atoms with Crippen molar-refractivity contribution in [3.8, 4) is 0 Å². The SMILES string of the molecule is CCc1nc2ccc(F)cc2n1CC(=O)OC1C[C@H](C)CC[C@H]1C(C)C. The van der Waals surface area contributed by atoms with Crippen molar-refractivity contribution in [3.05, 3.63) is 29.8 Å². The first-order chi connectivity index (χ1) is 12.4. The van der Waals surface area contributed by atoms with Gasteiger partial charge in [-0.1, -0.05) is 34.1 Å². The Morgan fingerprint density at radius 2 is 2.15 bits per heavy atom. The van der Waals surface area contributed by atoms with E-state index >= 15 is 0 Å². The Balaban J connectivity index is 1.79. The summed E-state index contributed by atoms with van der Waals surface area (Å²) in [5.41, 5.74) is 1.36. The fraction of sp³-hybridized carbons (Fsp3) is 0.619. The summed E-state index contributed by atoms with van der Waals surface area (Å²) in [4.78, 5) is 17.2. The van der Waals surface area contributed by atoms with E-state index < -0.39 is 0 Å². The van der Waals surface area contributed by atoms with Crippen LogP contribution in [0.15, 0.2) is 18.2 Å². The van der Waals surface area contributed by atoms with E-state index in [2.05, 4.69) is 25.8 Å². The lowest BCUT2D eigenvalue weighted by molar-refractivity contribution is -0.156. The largest absolute Gasteiger partial charge is 0.461 e. The Kier molecular flexibility index (Phi) is 5.64. The van der Waals surface area contributed by atoms with Gasteiger partial charge in [-0.25, -0.2) is 9.37 Å². The molecule has 1 aromatic heterocycles. The zero-order chi connectivity index (χ0) is 18.8. The Hall–Kier alpha value is -1.91. The number of imidazole rings is 1. The molecule has 0 spiro atoms. The molecule has 0 bridgehead atoms. The third-order valence-electron chi connectivity index (χ3n) is 5.64. The number of rotatable bonds is 5. The zero-order valence-corrected chi connectivity index (χ0v) is 16.2. The highest BCUT2D eigenvalue weighted by Gasteiger charge is 2.33. The number of halogens is 1. The molecular formula is C21H29FN2O2. The maximum absolute atomic E-state index is 13.7. The van der Waals surface area contributed by atoms with Crippen molar-refractivity contribution >= 4 is 17.0 Å². The molecule has 0 saturated heterocycles. The number of carbonyl (C=O) groups excluding carboxylic acids is 1. The Morgan fingerprint density at radius 1 is 1.38 bits per heavy atom. The van der Waals surface area contributed by atoms with Gasteiger partial charge in [-0.2, -0.15) is 0 Å². The van der Waals surface area contributed by atoms with E-state index in [4.69, 9.17) is 4.74 Å². The number of esters is 1. The second-order valence-corrected chi connectivity index (χ2v) is 7.96. The predicted molar refractivity (Wildman–Crippen MR) is 100 cm³/mol. The molecule has 142 valence electrons. The first-order valence-corrected chi connectivity index (χ1v) is 9.73. The molecule has 1 aromatic carbocycles. The van der Waals surface area contributed by atoms with Gasteiger partial charge in [0, 0.05) is 6.42 Å². The second-order valence-electron chi connectivity index (χ2n) is 7.96. The molecule has 1 aliphatic rings. The molecule has 5 heteroatoms. The van der Waals surface area contributed by atoms with Crippen LogP contribution in [0.2, 0.25) is 0 Å². The van der Waals surface area contributed by atoms with Crippen molar-refractivity contribution < 1.29 is 13.9 Å². The van der Waals surface area contributed by atoms with E-state index in [9.17, 15) is 9.18 Å². The molecule has 4 nitrogen and oxygen atoms in total. The standard InChI is InChI=1S/C21H29FN2O2/c1-5-20-23-17-9-7-15(22)11-18(17)24(20)12-21(25)26-19-10-14(4)6-8-16(19)13(2)3/h7,9,11,13-14,16,19H,5-6,8,10,12H2,1-4H3/t14-,16+,19?/m1/s1. The lowest BCUT2D eigenvalue weighted by Crippen LogP contribution is -2.36. The maximum atomic E-state index is 13.7. The van der Waals surface area contributed by atoms with Crippen LogP contribution in [0.3, 0.4) is 0 Å². The highest BCUT2D eigenvalue weighted by Crippen LogP contribution is 2.35. The monoisotopic (exact) mass is 360 g/mol. The topological polar surface area (TPSA) is 44.1 Å². The molecule has 0 N–H and O–H groups in total. The lowest BCUT2D eigenvalue weighted by atomic mass is 9.75.